The highest BCUT2D eigenvalue weighted by Gasteiger charge is 2.15. The average molecular weight is 239 g/mol. The number of amides is 1. The summed E-state index contributed by atoms with van der Waals surface area (Å²) in [6.45, 7) is 6.78. The van der Waals surface area contributed by atoms with Crippen molar-refractivity contribution in [2.45, 2.75) is 39.8 Å². The van der Waals surface area contributed by atoms with Crippen LogP contribution in [0, 0.1) is 5.92 Å². The first kappa shape index (κ1) is 13.7. The lowest BCUT2D eigenvalue weighted by molar-refractivity contribution is 0.0908. The summed E-state index contributed by atoms with van der Waals surface area (Å²) in [6.07, 6.45) is 4.02. The number of nitrogens with one attached hydrogen (secondary N) is 1. The number of hydrogen-bond acceptors (Lipinski definition) is 3. The lowest BCUT2D eigenvalue weighted by atomic mass is 10.0. The minimum Gasteiger partial charge on any atom is -0.394 e. The van der Waals surface area contributed by atoms with Crippen LogP contribution in [0.25, 0.3) is 0 Å². The first-order valence-corrected chi connectivity index (χ1v) is 6.01. The summed E-state index contributed by atoms with van der Waals surface area (Å²) in [5, 5.41) is 16.0. The third-order valence-electron chi connectivity index (χ3n) is 2.53. The van der Waals surface area contributed by atoms with E-state index in [1.165, 1.54) is 0 Å². The van der Waals surface area contributed by atoms with Gasteiger partial charge in [-0.25, -0.2) is 0 Å². The molecule has 0 spiro atoms. The summed E-state index contributed by atoms with van der Waals surface area (Å²) in [6, 6.07) is -0.188. The second kappa shape index (κ2) is 6.39. The van der Waals surface area contributed by atoms with Crippen molar-refractivity contribution in [2.75, 3.05) is 6.61 Å². The second-order valence-electron chi connectivity index (χ2n) is 4.57. The van der Waals surface area contributed by atoms with Crippen molar-refractivity contribution in [1.82, 2.24) is 15.1 Å². The summed E-state index contributed by atoms with van der Waals surface area (Å²) in [5.74, 6) is 0.259. The third kappa shape index (κ3) is 4.19. The number of carbonyl (C=O) groups is 1. The highest BCUT2D eigenvalue weighted by atomic mass is 16.3. The lowest BCUT2D eigenvalue weighted by Gasteiger charge is -2.17. The zero-order valence-corrected chi connectivity index (χ0v) is 10.7. The van der Waals surface area contributed by atoms with Crippen LogP contribution >= 0.6 is 0 Å². The minimum atomic E-state index is -0.188. The number of aryl methyl sites for hydroxylation is 1. The second-order valence-corrected chi connectivity index (χ2v) is 4.57. The van der Waals surface area contributed by atoms with Crippen LogP contribution in [0.5, 0.6) is 0 Å². The molecule has 1 rings (SSSR count). The minimum absolute atomic E-state index is 0.0359. The normalized spacial score (nSPS) is 12.8. The Bertz CT molecular complexity index is 360. The highest BCUT2D eigenvalue weighted by Crippen LogP contribution is 2.06. The Morgan fingerprint density at radius 3 is 2.76 bits per heavy atom. The van der Waals surface area contributed by atoms with E-state index in [9.17, 15) is 9.90 Å². The van der Waals surface area contributed by atoms with Gasteiger partial charge in [-0.15, -0.1) is 0 Å². The van der Waals surface area contributed by atoms with Gasteiger partial charge in [0.1, 0.15) is 0 Å². The molecule has 5 heteroatoms. The molecule has 0 bridgehead atoms. The molecular formula is C12H21N3O2. The van der Waals surface area contributed by atoms with Crippen molar-refractivity contribution >= 4 is 5.91 Å². The zero-order valence-electron chi connectivity index (χ0n) is 10.7. The monoisotopic (exact) mass is 239 g/mol. The van der Waals surface area contributed by atoms with Gasteiger partial charge in [0.05, 0.1) is 24.4 Å². The van der Waals surface area contributed by atoms with Crippen molar-refractivity contribution in [3.8, 4) is 0 Å². The molecule has 0 saturated carbocycles. The highest BCUT2D eigenvalue weighted by molar-refractivity contribution is 5.93. The maximum atomic E-state index is 11.8. The van der Waals surface area contributed by atoms with Gasteiger partial charge >= 0.3 is 0 Å². The Kier molecular flexibility index (Phi) is 5.15. The first-order chi connectivity index (χ1) is 8.06. The molecule has 2 N–H and O–H groups in total. The Morgan fingerprint density at radius 2 is 2.29 bits per heavy atom. The van der Waals surface area contributed by atoms with Gasteiger partial charge in [-0.1, -0.05) is 13.8 Å². The number of aliphatic hydroxyl groups is 1. The van der Waals surface area contributed by atoms with Crippen LogP contribution in [-0.2, 0) is 6.54 Å². The van der Waals surface area contributed by atoms with E-state index in [0.29, 0.717) is 11.5 Å². The fraction of sp³-hybridized carbons (Fsp3) is 0.667. The van der Waals surface area contributed by atoms with Gasteiger partial charge in [-0.05, 0) is 19.3 Å². The van der Waals surface area contributed by atoms with Crippen LogP contribution in [0.3, 0.4) is 0 Å². The molecule has 0 fully saturated rings. The molecule has 0 aliphatic carbocycles. The van der Waals surface area contributed by atoms with Gasteiger partial charge in [0.15, 0.2) is 0 Å². The van der Waals surface area contributed by atoms with Crippen LogP contribution in [-0.4, -0.2) is 33.4 Å². The van der Waals surface area contributed by atoms with Crippen LogP contribution < -0.4 is 5.32 Å². The van der Waals surface area contributed by atoms with Crippen molar-refractivity contribution in [1.29, 1.82) is 0 Å². The number of aliphatic hydroxyl groups excluding tert-OH is 1. The number of carbonyl (C=O) groups excluding carboxylic acids is 1. The third-order valence-corrected chi connectivity index (χ3v) is 2.53. The van der Waals surface area contributed by atoms with Crippen molar-refractivity contribution in [3.63, 3.8) is 0 Å². The summed E-state index contributed by atoms with van der Waals surface area (Å²) in [5.41, 5.74) is 0.536. The summed E-state index contributed by atoms with van der Waals surface area (Å²) in [7, 11) is 0. The first-order valence-electron chi connectivity index (χ1n) is 6.01. The van der Waals surface area contributed by atoms with Crippen LogP contribution in [0.4, 0.5) is 0 Å². The standard InChI is InChI=1S/C12H21N3O2/c1-4-15-7-10(6-13-15)12(17)14-11(8-16)5-9(2)3/h6-7,9,11,16H,4-5,8H2,1-3H3,(H,14,17). The number of hydrogen-bond donors (Lipinski definition) is 2. The Balaban J connectivity index is 2.57. The molecule has 1 unspecified atom stereocenters. The summed E-state index contributed by atoms with van der Waals surface area (Å²) >= 11 is 0. The molecule has 0 aliphatic heterocycles. The SMILES string of the molecule is CCn1cc(C(=O)NC(CO)CC(C)C)cn1. The van der Waals surface area contributed by atoms with Gasteiger partial charge in [0.2, 0.25) is 0 Å². The van der Waals surface area contributed by atoms with E-state index in [1.807, 2.05) is 6.92 Å². The van der Waals surface area contributed by atoms with Crippen molar-refractivity contribution < 1.29 is 9.90 Å². The number of nitrogens with zero attached hydrogens (tertiary/aromatic N) is 2. The fourth-order valence-corrected chi connectivity index (χ4v) is 1.67. The largest absolute Gasteiger partial charge is 0.394 e. The molecule has 0 saturated heterocycles. The van der Waals surface area contributed by atoms with Gasteiger partial charge in [-0.3, -0.25) is 9.48 Å². The van der Waals surface area contributed by atoms with Gasteiger partial charge in [0, 0.05) is 12.7 Å². The number of rotatable bonds is 6. The molecule has 17 heavy (non-hydrogen) atoms. The van der Waals surface area contributed by atoms with Gasteiger partial charge < -0.3 is 10.4 Å². The Labute approximate surface area is 102 Å². The molecule has 0 aromatic carbocycles. The van der Waals surface area contributed by atoms with E-state index in [1.54, 1.807) is 17.1 Å². The molecule has 96 valence electrons. The topological polar surface area (TPSA) is 67.2 Å². The predicted octanol–water partition coefficient (Wildman–Crippen LogP) is 1.04. The van der Waals surface area contributed by atoms with E-state index in [2.05, 4.69) is 24.3 Å². The zero-order chi connectivity index (χ0) is 12.8. The molecule has 1 heterocycles. The molecular weight excluding hydrogens is 218 g/mol. The molecule has 5 nitrogen and oxygen atoms in total. The summed E-state index contributed by atoms with van der Waals surface area (Å²) in [4.78, 5) is 11.8. The van der Waals surface area contributed by atoms with Crippen molar-refractivity contribution in [2.24, 2.45) is 5.92 Å². The molecule has 1 atom stereocenters. The van der Waals surface area contributed by atoms with Crippen LogP contribution in [0.1, 0.15) is 37.6 Å². The molecule has 1 aromatic heterocycles. The van der Waals surface area contributed by atoms with E-state index >= 15 is 0 Å². The van der Waals surface area contributed by atoms with Gasteiger partial charge in [-0.2, -0.15) is 5.10 Å². The quantitative estimate of drug-likeness (QED) is 0.779. The maximum Gasteiger partial charge on any atom is 0.254 e. The molecule has 1 amide bonds. The smallest absolute Gasteiger partial charge is 0.254 e. The molecule has 0 radical (unpaired) electrons. The van der Waals surface area contributed by atoms with E-state index in [0.717, 1.165) is 13.0 Å². The van der Waals surface area contributed by atoms with Crippen molar-refractivity contribution in [3.05, 3.63) is 18.0 Å². The van der Waals surface area contributed by atoms with E-state index in [-0.39, 0.29) is 18.6 Å². The van der Waals surface area contributed by atoms with Crippen LogP contribution in [0.15, 0.2) is 12.4 Å². The Hall–Kier alpha value is -1.36. The molecule has 0 aliphatic rings. The number of aromatic nitrogens is 2. The molecule has 1 aromatic rings. The Morgan fingerprint density at radius 1 is 1.59 bits per heavy atom. The average Bonchev–Trinajstić information content (AvgIpc) is 2.75. The van der Waals surface area contributed by atoms with E-state index in [4.69, 9.17) is 0 Å². The summed E-state index contributed by atoms with van der Waals surface area (Å²) < 4.78 is 1.70. The van der Waals surface area contributed by atoms with E-state index < -0.39 is 0 Å². The van der Waals surface area contributed by atoms with Gasteiger partial charge in [0.25, 0.3) is 5.91 Å². The lowest BCUT2D eigenvalue weighted by Crippen LogP contribution is -2.38. The predicted molar refractivity (Wildman–Crippen MR) is 65.7 cm³/mol. The maximum absolute atomic E-state index is 11.8. The van der Waals surface area contributed by atoms with Crippen LogP contribution in [0.2, 0.25) is 0 Å². The fourth-order valence-electron chi connectivity index (χ4n) is 1.67.